The van der Waals surface area contributed by atoms with E-state index in [0.717, 1.165) is 37.4 Å². The topological polar surface area (TPSA) is 64.3 Å². The second kappa shape index (κ2) is 6.55. The number of nitrogens with zero attached hydrogens (tertiary/aromatic N) is 4. The van der Waals surface area contributed by atoms with Crippen LogP contribution in [0.4, 0.5) is 5.82 Å². The number of hydrogen-bond donors (Lipinski definition) is 1. The molecule has 1 aliphatic heterocycles. The monoisotopic (exact) mass is 363 g/mol. The molecule has 2 aromatic heterocycles. The molecule has 124 valence electrons. The molecule has 0 radical (unpaired) electrons. The third-order valence-corrected chi connectivity index (χ3v) is 4.39. The molecule has 3 aromatic rings. The molecule has 1 fully saturated rings. The maximum Gasteiger partial charge on any atom is 0.185 e. The van der Waals surface area contributed by atoms with Gasteiger partial charge in [-0.25, -0.2) is 0 Å². The Morgan fingerprint density at radius 3 is 2.54 bits per heavy atom. The first-order valence-electron chi connectivity index (χ1n) is 7.72. The van der Waals surface area contributed by atoms with Gasteiger partial charge in [0.25, 0.3) is 0 Å². The average Bonchev–Trinajstić information content (AvgIpc) is 2.98. The standard InChI is InChI=1S/C16H15Cl2N5O/c17-11-7-10(8-12(18)9-11)16-21-20-15-2-1-14(22-23(15)16)19-13-3-5-24-6-4-13/h1-2,7-9,13H,3-6H2,(H,19,22). The van der Waals surface area contributed by atoms with Gasteiger partial charge in [-0.3, -0.25) is 0 Å². The van der Waals surface area contributed by atoms with Crippen LogP contribution in [0.1, 0.15) is 12.8 Å². The Balaban J connectivity index is 1.70. The van der Waals surface area contributed by atoms with Crippen LogP contribution in [0, 0.1) is 0 Å². The van der Waals surface area contributed by atoms with Crippen molar-refractivity contribution in [3.05, 3.63) is 40.4 Å². The summed E-state index contributed by atoms with van der Waals surface area (Å²) in [5.41, 5.74) is 1.44. The second-order valence-electron chi connectivity index (χ2n) is 5.70. The molecule has 1 saturated heterocycles. The Labute approximate surface area is 148 Å². The number of ether oxygens (including phenoxy) is 1. The highest BCUT2D eigenvalue weighted by Gasteiger charge is 2.16. The Morgan fingerprint density at radius 1 is 1.04 bits per heavy atom. The van der Waals surface area contributed by atoms with Gasteiger partial charge in [-0.15, -0.1) is 15.3 Å². The summed E-state index contributed by atoms with van der Waals surface area (Å²) in [6.07, 6.45) is 1.94. The van der Waals surface area contributed by atoms with Crippen molar-refractivity contribution in [2.75, 3.05) is 18.5 Å². The Kier molecular flexibility index (Phi) is 4.26. The molecule has 0 bridgehead atoms. The van der Waals surface area contributed by atoms with Gasteiger partial charge in [0.1, 0.15) is 5.82 Å². The van der Waals surface area contributed by atoms with Crippen LogP contribution in [-0.4, -0.2) is 39.1 Å². The number of hydrogen-bond acceptors (Lipinski definition) is 5. The number of anilines is 1. The summed E-state index contributed by atoms with van der Waals surface area (Å²) >= 11 is 12.2. The molecule has 6 nitrogen and oxygen atoms in total. The summed E-state index contributed by atoms with van der Waals surface area (Å²) in [6.45, 7) is 1.55. The van der Waals surface area contributed by atoms with Gasteiger partial charge in [0.05, 0.1) is 0 Å². The predicted molar refractivity (Wildman–Crippen MR) is 93.7 cm³/mol. The maximum absolute atomic E-state index is 6.09. The minimum absolute atomic E-state index is 0.365. The van der Waals surface area contributed by atoms with Crippen molar-refractivity contribution in [2.45, 2.75) is 18.9 Å². The molecule has 4 rings (SSSR count). The molecule has 0 spiro atoms. The Morgan fingerprint density at radius 2 is 1.79 bits per heavy atom. The van der Waals surface area contributed by atoms with Crippen LogP contribution in [0.5, 0.6) is 0 Å². The van der Waals surface area contributed by atoms with E-state index in [0.29, 0.717) is 27.6 Å². The first kappa shape index (κ1) is 15.6. The van der Waals surface area contributed by atoms with Gasteiger partial charge in [0.2, 0.25) is 0 Å². The lowest BCUT2D eigenvalue weighted by molar-refractivity contribution is 0.0903. The summed E-state index contributed by atoms with van der Waals surface area (Å²) in [5.74, 6) is 1.38. The highest BCUT2D eigenvalue weighted by molar-refractivity contribution is 6.35. The van der Waals surface area contributed by atoms with Crippen LogP contribution >= 0.6 is 23.2 Å². The van der Waals surface area contributed by atoms with Gasteiger partial charge >= 0.3 is 0 Å². The van der Waals surface area contributed by atoms with Crippen molar-refractivity contribution in [2.24, 2.45) is 0 Å². The molecule has 1 aliphatic rings. The van der Waals surface area contributed by atoms with Crippen molar-refractivity contribution in [1.82, 2.24) is 19.8 Å². The molecule has 1 N–H and O–H groups in total. The second-order valence-corrected chi connectivity index (χ2v) is 6.57. The smallest absolute Gasteiger partial charge is 0.185 e. The highest BCUT2D eigenvalue weighted by Crippen LogP contribution is 2.26. The normalized spacial score (nSPS) is 15.8. The van der Waals surface area contributed by atoms with Gasteiger partial charge < -0.3 is 10.1 Å². The van der Waals surface area contributed by atoms with E-state index in [1.165, 1.54) is 0 Å². The fourth-order valence-electron chi connectivity index (χ4n) is 2.78. The average molecular weight is 364 g/mol. The maximum atomic E-state index is 6.09. The van der Waals surface area contributed by atoms with Crippen molar-refractivity contribution >= 4 is 34.7 Å². The van der Waals surface area contributed by atoms with Crippen molar-refractivity contribution in [3.63, 3.8) is 0 Å². The lowest BCUT2D eigenvalue weighted by Crippen LogP contribution is -2.28. The van der Waals surface area contributed by atoms with Crippen LogP contribution in [0.15, 0.2) is 30.3 Å². The number of benzene rings is 1. The molecule has 8 heteroatoms. The quantitative estimate of drug-likeness (QED) is 0.768. The van der Waals surface area contributed by atoms with E-state index in [4.69, 9.17) is 27.9 Å². The van der Waals surface area contributed by atoms with E-state index < -0.39 is 0 Å². The summed E-state index contributed by atoms with van der Waals surface area (Å²) in [4.78, 5) is 0. The number of rotatable bonds is 3. The third-order valence-electron chi connectivity index (χ3n) is 3.96. The largest absolute Gasteiger partial charge is 0.381 e. The number of halogens is 2. The Hall–Kier alpha value is -1.89. The minimum atomic E-state index is 0.365. The van der Waals surface area contributed by atoms with Gasteiger partial charge in [-0.1, -0.05) is 23.2 Å². The van der Waals surface area contributed by atoms with Crippen LogP contribution in [-0.2, 0) is 4.74 Å². The molecule has 0 atom stereocenters. The van der Waals surface area contributed by atoms with Crippen LogP contribution in [0.3, 0.4) is 0 Å². The predicted octanol–water partition coefficient (Wildman–Crippen LogP) is 3.69. The molecular weight excluding hydrogens is 349 g/mol. The van der Waals surface area contributed by atoms with Crippen LogP contribution in [0.25, 0.3) is 17.0 Å². The van der Waals surface area contributed by atoms with Gasteiger partial charge in [-0.05, 0) is 43.2 Å². The van der Waals surface area contributed by atoms with Crippen molar-refractivity contribution in [3.8, 4) is 11.4 Å². The Bertz CT molecular complexity index is 856. The van der Waals surface area contributed by atoms with Gasteiger partial charge in [-0.2, -0.15) is 4.52 Å². The molecule has 0 amide bonds. The summed E-state index contributed by atoms with van der Waals surface area (Å²) in [6, 6.07) is 9.44. The van der Waals surface area contributed by atoms with Crippen molar-refractivity contribution < 1.29 is 4.74 Å². The zero-order valence-corrected chi connectivity index (χ0v) is 14.3. The van der Waals surface area contributed by atoms with E-state index in [2.05, 4.69) is 20.6 Å². The summed E-state index contributed by atoms with van der Waals surface area (Å²) in [5, 5.41) is 17.5. The van der Waals surface area contributed by atoms with E-state index >= 15 is 0 Å². The lowest BCUT2D eigenvalue weighted by Gasteiger charge is -2.23. The lowest BCUT2D eigenvalue weighted by atomic mass is 10.1. The molecule has 0 saturated carbocycles. The number of fused-ring (bicyclic) bond motifs is 1. The zero-order chi connectivity index (χ0) is 16.5. The highest BCUT2D eigenvalue weighted by atomic mass is 35.5. The van der Waals surface area contributed by atoms with Crippen molar-refractivity contribution in [1.29, 1.82) is 0 Å². The van der Waals surface area contributed by atoms with Crippen LogP contribution < -0.4 is 5.32 Å². The minimum Gasteiger partial charge on any atom is -0.381 e. The molecule has 3 heterocycles. The molecule has 0 unspecified atom stereocenters. The van der Waals surface area contributed by atoms with Gasteiger partial charge in [0, 0.05) is 34.9 Å². The third kappa shape index (κ3) is 3.17. The van der Waals surface area contributed by atoms with E-state index in [1.54, 1.807) is 22.7 Å². The molecule has 1 aromatic carbocycles. The van der Waals surface area contributed by atoms with Gasteiger partial charge in [0.15, 0.2) is 11.5 Å². The van der Waals surface area contributed by atoms with E-state index in [-0.39, 0.29) is 0 Å². The SMILES string of the molecule is Clc1cc(Cl)cc(-c2nnc3ccc(NC4CCOCC4)nn23)c1. The number of aromatic nitrogens is 4. The fourth-order valence-corrected chi connectivity index (χ4v) is 3.31. The molecule has 0 aliphatic carbocycles. The number of nitrogens with one attached hydrogen (secondary N) is 1. The van der Waals surface area contributed by atoms with E-state index in [1.807, 2.05) is 12.1 Å². The first-order chi connectivity index (χ1) is 11.7. The molecular formula is C16H15Cl2N5O. The van der Waals surface area contributed by atoms with E-state index in [9.17, 15) is 0 Å². The molecule has 24 heavy (non-hydrogen) atoms. The summed E-state index contributed by atoms with van der Waals surface area (Å²) in [7, 11) is 0. The fraction of sp³-hybridized carbons (Fsp3) is 0.312. The zero-order valence-electron chi connectivity index (χ0n) is 12.7. The first-order valence-corrected chi connectivity index (χ1v) is 8.48. The van der Waals surface area contributed by atoms with Crippen LogP contribution in [0.2, 0.25) is 10.0 Å². The summed E-state index contributed by atoms with van der Waals surface area (Å²) < 4.78 is 7.08.